The minimum Gasteiger partial charge on any atom is -0.314 e. The van der Waals surface area contributed by atoms with Crippen LogP contribution in [0.15, 0.2) is 18.2 Å². The summed E-state index contributed by atoms with van der Waals surface area (Å²) in [6.45, 7) is 4.96. The van der Waals surface area contributed by atoms with Gasteiger partial charge in [0.05, 0.1) is 5.56 Å². The van der Waals surface area contributed by atoms with E-state index in [0.717, 1.165) is 32.2 Å². The van der Waals surface area contributed by atoms with Gasteiger partial charge >= 0.3 is 6.18 Å². The Balaban J connectivity index is 2.42. The molecule has 0 amide bonds. The van der Waals surface area contributed by atoms with Crippen molar-refractivity contribution in [3.05, 3.63) is 34.3 Å². The summed E-state index contributed by atoms with van der Waals surface area (Å²) in [6.07, 6.45) is -3.77. The van der Waals surface area contributed by atoms with Crippen LogP contribution in [0.4, 0.5) is 13.2 Å². The van der Waals surface area contributed by atoms with Crippen LogP contribution in [0, 0.1) is 0 Å². The van der Waals surface area contributed by atoms with Crippen molar-refractivity contribution >= 4 is 11.6 Å². The lowest BCUT2D eigenvalue weighted by Crippen LogP contribution is -2.45. The molecule has 0 unspecified atom stereocenters. The highest BCUT2D eigenvalue weighted by Crippen LogP contribution is 2.40. The zero-order chi connectivity index (χ0) is 14.8. The second-order valence-corrected chi connectivity index (χ2v) is 5.32. The van der Waals surface area contributed by atoms with Gasteiger partial charge in [0.25, 0.3) is 0 Å². The fraction of sp³-hybridized carbons (Fsp3) is 0.571. The molecule has 0 spiro atoms. The number of piperazine rings is 1. The summed E-state index contributed by atoms with van der Waals surface area (Å²) in [4.78, 5) is 2.08. The van der Waals surface area contributed by atoms with E-state index < -0.39 is 11.7 Å². The molecule has 112 valence electrons. The molecule has 0 bridgehead atoms. The Labute approximate surface area is 121 Å². The van der Waals surface area contributed by atoms with E-state index in [0.29, 0.717) is 6.42 Å². The molecule has 1 heterocycles. The average molecular weight is 307 g/mol. The fourth-order valence-corrected chi connectivity index (χ4v) is 3.06. The number of halogens is 4. The van der Waals surface area contributed by atoms with Crippen molar-refractivity contribution in [3.63, 3.8) is 0 Å². The summed E-state index contributed by atoms with van der Waals surface area (Å²) >= 11 is 6.09. The molecular weight excluding hydrogens is 289 g/mol. The number of nitrogens with zero attached hydrogens (tertiary/aromatic N) is 1. The van der Waals surface area contributed by atoms with Gasteiger partial charge in [0.15, 0.2) is 0 Å². The third-order valence-corrected chi connectivity index (χ3v) is 4.00. The second-order valence-electron chi connectivity index (χ2n) is 4.91. The molecule has 2 rings (SSSR count). The molecule has 1 aliphatic heterocycles. The molecule has 1 fully saturated rings. The predicted octanol–water partition coefficient (Wildman–Crippen LogP) is 3.72. The number of rotatable bonds is 3. The van der Waals surface area contributed by atoms with Crippen LogP contribution in [-0.4, -0.2) is 31.1 Å². The molecule has 1 aromatic rings. The molecule has 1 N–H and O–H groups in total. The van der Waals surface area contributed by atoms with Crippen LogP contribution >= 0.6 is 11.6 Å². The molecule has 2 nitrogen and oxygen atoms in total. The minimum atomic E-state index is -4.37. The van der Waals surface area contributed by atoms with Gasteiger partial charge in [-0.3, -0.25) is 4.90 Å². The van der Waals surface area contributed by atoms with E-state index >= 15 is 0 Å². The van der Waals surface area contributed by atoms with Gasteiger partial charge in [-0.15, -0.1) is 0 Å². The molecule has 1 aromatic carbocycles. The summed E-state index contributed by atoms with van der Waals surface area (Å²) < 4.78 is 39.6. The Kier molecular flexibility index (Phi) is 4.94. The Morgan fingerprint density at radius 2 is 1.95 bits per heavy atom. The topological polar surface area (TPSA) is 15.3 Å². The highest BCUT2D eigenvalue weighted by molar-refractivity contribution is 6.31. The minimum absolute atomic E-state index is 0.199. The second kappa shape index (κ2) is 6.33. The maximum Gasteiger partial charge on any atom is 0.416 e. The molecule has 0 saturated carbocycles. The first-order valence-corrected chi connectivity index (χ1v) is 7.13. The van der Waals surface area contributed by atoms with E-state index in [1.807, 2.05) is 6.92 Å². The van der Waals surface area contributed by atoms with Crippen LogP contribution in [0.25, 0.3) is 0 Å². The van der Waals surface area contributed by atoms with Crippen LogP contribution in [0.5, 0.6) is 0 Å². The first kappa shape index (κ1) is 15.6. The molecule has 1 atom stereocenters. The molecule has 0 aliphatic carbocycles. The van der Waals surface area contributed by atoms with E-state index in [1.54, 1.807) is 0 Å². The van der Waals surface area contributed by atoms with Gasteiger partial charge in [-0.2, -0.15) is 13.2 Å². The Bertz CT molecular complexity index is 456. The molecule has 20 heavy (non-hydrogen) atoms. The predicted molar refractivity (Wildman–Crippen MR) is 73.9 cm³/mol. The van der Waals surface area contributed by atoms with Crippen molar-refractivity contribution in [2.24, 2.45) is 0 Å². The third kappa shape index (κ3) is 3.27. The zero-order valence-electron chi connectivity index (χ0n) is 11.3. The van der Waals surface area contributed by atoms with E-state index in [1.165, 1.54) is 12.1 Å². The third-order valence-electron chi connectivity index (χ3n) is 3.67. The van der Waals surface area contributed by atoms with Gasteiger partial charge in [-0.1, -0.05) is 24.6 Å². The number of nitrogens with one attached hydrogen (secondary N) is 1. The monoisotopic (exact) mass is 306 g/mol. The Hall–Kier alpha value is -0.780. The average Bonchev–Trinajstić information content (AvgIpc) is 2.41. The lowest BCUT2D eigenvalue weighted by molar-refractivity contribution is -0.138. The molecule has 0 aromatic heterocycles. The van der Waals surface area contributed by atoms with E-state index in [2.05, 4.69) is 10.2 Å². The number of hydrogen-bond acceptors (Lipinski definition) is 2. The highest BCUT2D eigenvalue weighted by Gasteiger charge is 2.37. The molecular formula is C14H18ClF3N2. The van der Waals surface area contributed by atoms with Crippen molar-refractivity contribution < 1.29 is 13.2 Å². The highest BCUT2D eigenvalue weighted by atomic mass is 35.5. The molecule has 6 heteroatoms. The van der Waals surface area contributed by atoms with Crippen molar-refractivity contribution in [3.8, 4) is 0 Å². The SMILES string of the molecule is CC[C@H](c1c(Cl)cccc1C(F)(F)F)N1CCNCC1. The molecule has 0 radical (unpaired) electrons. The van der Waals surface area contributed by atoms with Crippen molar-refractivity contribution in [1.82, 2.24) is 10.2 Å². The zero-order valence-corrected chi connectivity index (χ0v) is 12.1. The lowest BCUT2D eigenvalue weighted by Gasteiger charge is -2.36. The largest absolute Gasteiger partial charge is 0.416 e. The van der Waals surface area contributed by atoms with Crippen molar-refractivity contribution in [2.75, 3.05) is 26.2 Å². The number of benzene rings is 1. The van der Waals surface area contributed by atoms with Gasteiger partial charge in [-0.25, -0.2) is 0 Å². The Morgan fingerprint density at radius 3 is 2.50 bits per heavy atom. The molecule has 1 saturated heterocycles. The number of alkyl halides is 3. The van der Waals surface area contributed by atoms with Crippen LogP contribution < -0.4 is 5.32 Å². The summed E-state index contributed by atoms with van der Waals surface area (Å²) in [5.74, 6) is 0. The van der Waals surface area contributed by atoms with Crippen molar-refractivity contribution in [2.45, 2.75) is 25.6 Å². The van der Waals surface area contributed by atoms with Gasteiger partial charge < -0.3 is 5.32 Å². The van der Waals surface area contributed by atoms with E-state index in [-0.39, 0.29) is 16.6 Å². The molecule has 1 aliphatic rings. The first-order valence-electron chi connectivity index (χ1n) is 6.75. The summed E-state index contributed by atoms with van der Waals surface area (Å²) in [5.41, 5.74) is -0.401. The normalized spacial score (nSPS) is 19.1. The summed E-state index contributed by atoms with van der Waals surface area (Å²) in [5, 5.41) is 3.41. The quantitative estimate of drug-likeness (QED) is 0.915. The van der Waals surface area contributed by atoms with E-state index in [9.17, 15) is 13.2 Å². The lowest BCUT2D eigenvalue weighted by atomic mass is 9.96. The van der Waals surface area contributed by atoms with E-state index in [4.69, 9.17) is 11.6 Å². The smallest absolute Gasteiger partial charge is 0.314 e. The van der Waals surface area contributed by atoms with Gasteiger partial charge in [0, 0.05) is 42.8 Å². The standard InChI is InChI=1S/C14H18ClF3N2/c1-2-12(20-8-6-19-7-9-20)13-10(14(16,17)18)4-3-5-11(13)15/h3-5,12,19H,2,6-9H2,1H3/t12-/m1/s1. The van der Waals surface area contributed by atoms with Crippen LogP contribution in [0.1, 0.15) is 30.5 Å². The Morgan fingerprint density at radius 1 is 1.30 bits per heavy atom. The first-order chi connectivity index (χ1) is 9.45. The van der Waals surface area contributed by atoms with Crippen LogP contribution in [-0.2, 0) is 6.18 Å². The maximum absolute atomic E-state index is 13.2. The van der Waals surface area contributed by atoms with Gasteiger partial charge in [0.1, 0.15) is 0 Å². The fourth-order valence-electron chi connectivity index (χ4n) is 2.76. The summed E-state index contributed by atoms with van der Waals surface area (Å²) in [6, 6.07) is 3.73. The number of hydrogen-bond donors (Lipinski definition) is 1. The maximum atomic E-state index is 13.2. The van der Waals surface area contributed by atoms with Crippen molar-refractivity contribution in [1.29, 1.82) is 0 Å². The van der Waals surface area contributed by atoms with Crippen LogP contribution in [0.3, 0.4) is 0 Å². The van der Waals surface area contributed by atoms with Gasteiger partial charge in [0.2, 0.25) is 0 Å². The van der Waals surface area contributed by atoms with Gasteiger partial charge in [-0.05, 0) is 18.6 Å². The van der Waals surface area contributed by atoms with Crippen LogP contribution in [0.2, 0.25) is 5.02 Å². The summed E-state index contributed by atoms with van der Waals surface area (Å²) in [7, 11) is 0.